The Kier molecular flexibility index (Phi) is 3.56. The van der Waals surface area contributed by atoms with Gasteiger partial charge in [-0.15, -0.1) is 10.2 Å². The van der Waals surface area contributed by atoms with Gasteiger partial charge in [0.1, 0.15) is 5.82 Å². The van der Waals surface area contributed by atoms with E-state index in [0.717, 1.165) is 18.7 Å². The van der Waals surface area contributed by atoms with Gasteiger partial charge < -0.3 is 9.30 Å². The zero-order valence-corrected chi connectivity index (χ0v) is 13.2. The molecule has 0 radical (unpaired) electrons. The molecule has 8 heteroatoms. The van der Waals surface area contributed by atoms with Crippen LogP contribution in [-0.2, 0) is 11.3 Å². The van der Waals surface area contributed by atoms with Crippen LogP contribution in [0.1, 0.15) is 41.0 Å². The maximum atomic E-state index is 12.3. The first-order valence-electron chi connectivity index (χ1n) is 7.77. The van der Waals surface area contributed by atoms with Crippen molar-refractivity contribution >= 4 is 5.97 Å². The molecule has 3 aromatic heterocycles. The molecule has 4 rings (SSSR count). The van der Waals surface area contributed by atoms with Gasteiger partial charge in [-0.25, -0.2) is 14.5 Å². The lowest BCUT2D eigenvalue weighted by atomic mass is 10.3. The molecule has 1 fully saturated rings. The number of aromatic nitrogens is 6. The molecule has 3 heterocycles. The van der Waals surface area contributed by atoms with Crippen molar-refractivity contribution in [2.24, 2.45) is 0 Å². The first kappa shape index (κ1) is 14.6. The first-order chi connectivity index (χ1) is 11.7. The third-order valence-corrected chi connectivity index (χ3v) is 3.86. The predicted molar refractivity (Wildman–Crippen MR) is 83.5 cm³/mol. The Labute approximate surface area is 138 Å². The standard InChI is InChI=1S/C16H16N6O2/c1-11-19-20-15(22(11)12-6-7-12)10-24-16(23)13-4-2-5-14(18-13)21-9-3-8-17-21/h2-5,8-9,12H,6-7,10H2,1H3. The summed E-state index contributed by atoms with van der Waals surface area (Å²) in [6, 6.07) is 7.37. The minimum atomic E-state index is -0.494. The fraction of sp³-hybridized carbons (Fsp3) is 0.312. The lowest BCUT2D eigenvalue weighted by Crippen LogP contribution is -2.12. The molecule has 122 valence electrons. The fourth-order valence-corrected chi connectivity index (χ4v) is 2.59. The molecule has 0 atom stereocenters. The fourth-order valence-electron chi connectivity index (χ4n) is 2.59. The van der Waals surface area contributed by atoms with Crippen molar-refractivity contribution in [3.05, 3.63) is 54.0 Å². The number of rotatable bonds is 5. The van der Waals surface area contributed by atoms with Gasteiger partial charge in [-0.05, 0) is 38.0 Å². The van der Waals surface area contributed by atoms with Crippen LogP contribution in [0.15, 0.2) is 36.7 Å². The molecule has 24 heavy (non-hydrogen) atoms. The van der Waals surface area contributed by atoms with Gasteiger partial charge in [-0.3, -0.25) is 0 Å². The van der Waals surface area contributed by atoms with Crippen LogP contribution in [0.5, 0.6) is 0 Å². The Morgan fingerprint density at radius 3 is 2.92 bits per heavy atom. The van der Waals surface area contributed by atoms with Gasteiger partial charge in [-0.2, -0.15) is 5.10 Å². The molecule has 0 saturated heterocycles. The first-order valence-corrected chi connectivity index (χ1v) is 7.77. The molecule has 1 aliphatic carbocycles. The molecule has 0 unspecified atom stereocenters. The number of aryl methyl sites for hydroxylation is 1. The molecule has 0 aliphatic heterocycles. The molecule has 0 N–H and O–H groups in total. The smallest absolute Gasteiger partial charge is 0.357 e. The van der Waals surface area contributed by atoms with Gasteiger partial charge >= 0.3 is 5.97 Å². The van der Waals surface area contributed by atoms with E-state index in [0.29, 0.717) is 17.7 Å². The second-order valence-electron chi connectivity index (χ2n) is 5.67. The van der Waals surface area contributed by atoms with E-state index >= 15 is 0 Å². The quantitative estimate of drug-likeness (QED) is 0.666. The number of carbonyl (C=O) groups is 1. The third-order valence-electron chi connectivity index (χ3n) is 3.86. The van der Waals surface area contributed by atoms with Crippen LogP contribution in [0.3, 0.4) is 0 Å². The van der Waals surface area contributed by atoms with E-state index in [1.165, 1.54) is 0 Å². The van der Waals surface area contributed by atoms with Crippen LogP contribution in [0, 0.1) is 6.92 Å². The Hall–Kier alpha value is -3.03. The van der Waals surface area contributed by atoms with Crippen molar-refractivity contribution < 1.29 is 9.53 Å². The molecule has 0 bridgehead atoms. The van der Waals surface area contributed by atoms with E-state index < -0.39 is 5.97 Å². The van der Waals surface area contributed by atoms with Crippen LogP contribution >= 0.6 is 0 Å². The summed E-state index contributed by atoms with van der Waals surface area (Å²) in [4.78, 5) is 16.6. The van der Waals surface area contributed by atoms with Crippen molar-refractivity contribution in [3.8, 4) is 5.82 Å². The van der Waals surface area contributed by atoms with Gasteiger partial charge in [0.2, 0.25) is 0 Å². The van der Waals surface area contributed by atoms with Crippen LogP contribution in [-0.4, -0.2) is 35.5 Å². The summed E-state index contributed by atoms with van der Waals surface area (Å²) in [6.45, 7) is 2.00. The molecule has 1 aliphatic rings. The normalized spacial score (nSPS) is 13.9. The van der Waals surface area contributed by atoms with Crippen molar-refractivity contribution in [1.82, 2.24) is 29.5 Å². The van der Waals surface area contributed by atoms with Gasteiger partial charge in [0.25, 0.3) is 0 Å². The Morgan fingerprint density at radius 1 is 1.29 bits per heavy atom. The number of hydrogen-bond acceptors (Lipinski definition) is 6. The molecule has 0 amide bonds. The van der Waals surface area contributed by atoms with E-state index in [9.17, 15) is 4.79 Å². The van der Waals surface area contributed by atoms with Crippen LogP contribution in [0.2, 0.25) is 0 Å². The second-order valence-corrected chi connectivity index (χ2v) is 5.67. The van der Waals surface area contributed by atoms with E-state index in [4.69, 9.17) is 4.74 Å². The molecule has 8 nitrogen and oxygen atoms in total. The SMILES string of the molecule is Cc1nnc(COC(=O)c2cccc(-n3cccn3)n2)n1C1CC1. The van der Waals surface area contributed by atoms with E-state index in [1.807, 2.05) is 11.5 Å². The number of esters is 1. The highest BCUT2D eigenvalue weighted by molar-refractivity contribution is 5.87. The zero-order chi connectivity index (χ0) is 16.5. The lowest BCUT2D eigenvalue weighted by Gasteiger charge is -2.08. The van der Waals surface area contributed by atoms with Gasteiger partial charge in [0.15, 0.2) is 23.9 Å². The van der Waals surface area contributed by atoms with Crippen LogP contribution in [0.4, 0.5) is 0 Å². The summed E-state index contributed by atoms with van der Waals surface area (Å²) >= 11 is 0. The van der Waals surface area contributed by atoms with Gasteiger partial charge in [-0.1, -0.05) is 6.07 Å². The van der Waals surface area contributed by atoms with Gasteiger partial charge in [0, 0.05) is 18.4 Å². The zero-order valence-electron chi connectivity index (χ0n) is 13.2. The topological polar surface area (TPSA) is 87.7 Å². The summed E-state index contributed by atoms with van der Waals surface area (Å²) in [5.41, 5.74) is 0.234. The molecule has 1 saturated carbocycles. The van der Waals surface area contributed by atoms with Crippen LogP contribution in [0.25, 0.3) is 5.82 Å². The minimum Gasteiger partial charge on any atom is -0.453 e. The number of hydrogen-bond donors (Lipinski definition) is 0. The molecule has 0 spiro atoms. The summed E-state index contributed by atoms with van der Waals surface area (Å²) in [6.07, 6.45) is 5.65. The minimum absolute atomic E-state index is 0.0872. The molecule has 3 aromatic rings. The van der Waals surface area contributed by atoms with Crippen molar-refractivity contribution in [3.63, 3.8) is 0 Å². The predicted octanol–water partition coefficient (Wildman–Crippen LogP) is 1.86. The van der Waals surface area contributed by atoms with Gasteiger partial charge in [0.05, 0.1) is 0 Å². The van der Waals surface area contributed by atoms with E-state index in [1.54, 1.807) is 41.3 Å². The summed E-state index contributed by atoms with van der Waals surface area (Å²) in [7, 11) is 0. The molecular formula is C16H16N6O2. The molecular weight excluding hydrogens is 308 g/mol. The number of pyridine rings is 1. The van der Waals surface area contributed by atoms with Crippen molar-refractivity contribution in [2.75, 3.05) is 0 Å². The van der Waals surface area contributed by atoms with E-state index in [2.05, 4.69) is 20.3 Å². The lowest BCUT2D eigenvalue weighted by molar-refractivity contribution is 0.0450. The largest absolute Gasteiger partial charge is 0.453 e. The Bertz CT molecular complexity index is 867. The Balaban J connectivity index is 1.48. The monoisotopic (exact) mass is 324 g/mol. The van der Waals surface area contributed by atoms with Crippen LogP contribution < -0.4 is 0 Å². The average Bonchev–Trinajstić information content (AvgIpc) is 3.14. The summed E-state index contributed by atoms with van der Waals surface area (Å²) in [5.74, 6) is 1.59. The molecule has 0 aromatic carbocycles. The number of ether oxygens (including phenoxy) is 1. The number of carbonyl (C=O) groups excluding carboxylic acids is 1. The van der Waals surface area contributed by atoms with E-state index in [-0.39, 0.29) is 12.3 Å². The summed E-state index contributed by atoms with van der Waals surface area (Å²) < 4.78 is 8.99. The highest BCUT2D eigenvalue weighted by Gasteiger charge is 2.28. The van der Waals surface area contributed by atoms with Crippen molar-refractivity contribution in [2.45, 2.75) is 32.4 Å². The summed E-state index contributed by atoms with van der Waals surface area (Å²) in [5, 5.41) is 12.3. The highest BCUT2D eigenvalue weighted by Crippen LogP contribution is 2.36. The Morgan fingerprint density at radius 2 is 2.17 bits per heavy atom. The van der Waals surface area contributed by atoms with Crippen molar-refractivity contribution in [1.29, 1.82) is 0 Å². The number of nitrogens with zero attached hydrogens (tertiary/aromatic N) is 6. The third kappa shape index (κ3) is 2.78. The highest BCUT2D eigenvalue weighted by atomic mass is 16.5. The second kappa shape index (κ2) is 5.88. The average molecular weight is 324 g/mol. The maximum absolute atomic E-state index is 12.3. The maximum Gasteiger partial charge on any atom is 0.357 e.